The van der Waals surface area contributed by atoms with Crippen molar-refractivity contribution >= 4 is 16.5 Å². The molecule has 4 nitrogen and oxygen atoms in total. The highest BCUT2D eigenvalue weighted by Crippen LogP contribution is 2.21. The van der Waals surface area contributed by atoms with Crippen LogP contribution in [0, 0.1) is 0 Å². The predicted molar refractivity (Wildman–Crippen MR) is 73.7 cm³/mol. The van der Waals surface area contributed by atoms with Gasteiger partial charge in [-0.1, -0.05) is 0 Å². The number of rotatable bonds is 8. The second kappa shape index (κ2) is 7.63. The molecule has 0 spiro atoms. The lowest BCUT2D eigenvalue weighted by molar-refractivity contribution is 0.183. The van der Waals surface area contributed by atoms with Crippen molar-refractivity contribution in [2.75, 3.05) is 24.5 Å². The van der Waals surface area contributed by atoms with E-state index in [0.29, 0.717) is 0 Å². The zero-order valence-electron chi connectivity index (χ0n) is 10.9. The molecule has 0 radical (unpaired) electrons. The first-order chi connectivity index (χ1) is 8.17. The zero-order valence-corrected chi connectivity index (χ0v) is 11.8. The van der Waals surface area contributed by atoms with Crippen LogP contribution in [0.2, 0.25) is 0 Å². The first-order valence-electron chi connectivity index (χ1n) is 6.25. The van der Waals surface area contributed by atoms with Crippen molar-refractivity contribution in [3.05, 3.63) is 11.1 Å². The maximum absolute atomic E-state index is 9.13. The fourth-order valence-electron chi connectivity index (χ4n) is 1.54. The monoisotopic (exact) mass is 257 g/mol. The van der Waals surface area contributed by atoms with Crippen molar-refractivity contribution in [2.24, 2.45) is 0 Å². The largest absolute Gasteiger partial charge is 0.393 e. The van der Waals surface area contributed by atoms with E-state index < -0.39 is 0 Å². The number of nitrogens with zero attached hydrogens (tertiary/aromatic N) is 2. The highest BCUT2D eigenvalue weighted by Gasteiger charge is 2.07. The van der Waals surface area contributed by atoms with Gasteiger partial charge in [-0.25, -0.2) is 4.98 Å². The smallest absolute Gasteiger partial charge is 0.185 e. The standard InChI is InChI=1S/C12H23N3OS/c1-4-15(5-2)12-14-9-11(17-12)8-13-7-6-10(3)16/h9-10,13,16H,4-8H2,1-3H3. The molecule has 2 N–H and O–H groups in total. The van der Waals surface area contributed by atoms with Crippen molar-refractivity contribution < 1.29 is 5.11 Å². The molecule has 1 heterocycles. The molecule has 0 saturated carbocycles. The number of nitrogens with one attached hydrogen (secondary N) is 1. The first-order valence-corrected chi connectivity index (χ1v) is 7.07. The summed E-state index contributed by atoms with van der Waals surface area (Å²) < 4.78 is 0. The Hall–Kier alpha value is -0.650. The Morgan fingerprint density at radius 2 is 2.18 bits per heavy atom. The van der Waals surface area contributed by atoms with Crippen LogP contribution in [0.1, 0.15) is 32.1 Å². The molecule has 1 aromatic rings. The lowest BCUT2D eigenvalue weighted by atomic mass is 10.3. The van der Waals surface area contributed by atoms with Crippen LogP contribution in [0.3, 0.4) is 0 Å². The highest BCUT2D eigenvalue weighted by atomic mass is 32.1. The number of anilines is 1. The number of thiazole rings is 1. The Morgan fingerprint density at radius 3 is 2.76 bits per heavy atom. The molecule has 0 aliphatic heterocycles. The molecule has 1 aromatic heterocycles. The number of hydrogen-bond acceptors (Lipinski definition) is 5. The molecular weight excluding hydrogens is 234 g/mol. The average Bonchev–Trinajstić information content (AvgIpc) is 2.75. The Labute approximate surface area is 108 Å². The Morgan fingerprint density at radius 1 is 1.47 bits per heavy atom. The van der Waals surface area contributed by atoms with E-state index in [1.165, 1.54) is 4.88 Å². The van der Waals surface area contributed by atoms with Crippen molar-refractivity contribution in [3.8, 4) is 0 Å². The summed E-state index contributed by atoms with van der Waals surface area (Å²) >= 11 is 1.74. The van der Waals surface area contributed by atoms with Gasteiger partial charge in [-0.15, -0.1) is 11.3 Å². The Balaban J connectivity index is 2.35. The lowest BCUT2D eigenvalue weighted by Crippen LogP contribution is -2.21. The van der Waals surface area contributed by atoms with E-state index in [1.807, 2.05) is 13.1 Å². The van der Waals surface area contributed by atoms with E-state index in [2.05, 4.69) is 29.0 Å². The number of hydrogen-bond donors (Lipinski definition) is 2. The third-order valence-corrected chi connectivity index (χ3v) is 3.67. The fourth-order valence-corrected chi connectivity index (χ4v) is 2.55. The van der Waals surface area contributed by atoms with Crippen LogP contribution in [-0.2, 0) is 6.54 Å². The second-order valence-electron chi connectivity index (χ2n) is 4.10. The first kappa shape index (κ1) is 14.4. The minimum Gasteiger partial charge on any atom is -0.393 e. The summed E-state index contributed by atoms with van der Waals surface area (Å²) in [6, 6.07) is 0. The molecule has 1 unspecified atom stereocenters. The van der Waals surface area contributed by atoms with E-state index in [0.717, 1.165) is 37.7 Å². The average molecular weight is 257 g/mol. The summed E-state index contributed by atoms with van der Waals surface area (Å²) in [7, 11) is 0. The van der Waals surface area contributed by atoms with Gasteiger partial charge < -0.3 is 15.3 Å². The van der Waals surface area contributed by atoms with Gasteiger partial charge in [-0.05, 0) is 33.7 Å². The van der Waals surface area contributed by atoms with Crippen molar-refractivity contribution in [1.82, 2.24) is 10.3 Å². The van der Waals surface area contributed by atoms with Crippen LogP contribution in [0.15, 0.2) is 6.20 Å². The van der Waals surface area contributed by atoms with E-state index in [9.17, 15) is 0 Å². The second-order valence-corrected chi connectivity index (χ2v) is 5.19. The van der Waals surface area contributed by atoms with Gasteiger partial charge in [0.1, 0.15) is 0 Å². The third-order valence-electron chi connectivity index (χ3n) is 2.61. The van der Waals surface area contributed by atoms with Crippen LogP contribution in [0.4, 0.5) is 5.13 Å². The van der Waals surface area contributed by atoms with Gasteiger partial charge in [0.25, 0.3) is 0 Å². The molecule has 0 aromatic carbocycles. The van der Waals surface area contributed by atoms with E-state index in [1.54, 1.807) is 11.3 Å². The fraction of sp³-hybridized carbons (Fsp3) is 0.750. The SMILES string of the molecule is CCN(CC)c1ncc(CNCCC(C)O)s1. The van der Waals surface area contributed by atoms with Crippen molar-refractivity contribution in [1.29, 1.82) is 0 Å². The van der Waals surface area contributed by atoms with E-state index >= 15 is 0 Å². The molecule has 1 atom stereocenters. The summed E-state index contributed by atoms with van der Waals surface area (Å²) in [5.41, 5.74) is 0. The van der Waals surface area contributed by atoms with E-state index in [-0.39, 0.29) is 6.10 Å². The summed E-state index contributed by atoms with van der Waals surface area (Å²) in [6.45, 7) is 9.78. The molecule has 0 amide bonds. The Bertz CT molecular complexity index is 310. The predicted octanol–water partition coefficient (Wildman–Crippen LogP) is 1.85. The number of aliphatic hydroxyl groups excluding tert-OH is 1. The minimum atomic E-state index is -0.227. The maximum Gasteiger partial charge on any atom is 0.185 e. The lowest BCUT2D eigenvalue weighted by Gasteiger charge is -2.16. The maximum atomic E-state index is 9.13. The molecule has 0 aliphatic carbocycles. The third kappa shape index (κ3) is 5.02. The van der Waals surface area contributed by atoms with Gasteiger partial charge in [0.15, 0.2) is 5.13 Å². The number of aromatic nitrogens is 1. The Kier molecular flexibility index (Phi) is 6.47. The molecule has 98 valence electrons. The van der Waals surface area contributed by atoms with Crippen LogP contribution >= 0.6 is 11.3 Å². The van der Waals surface area contributed by atoms with Crippen LogP contribution in [0.25, 0.3) is 0 Å². The summed E-state index contributed by atoms with van der Waals surface area (Å²) in [5, 5.41) is 13.5. The summed E-state index contributed by atoms with van der Waals surface area (Å²) in [6.07, 6.45) is 2.50. The quantitative estimate of drug-likeness (QED) is 0.698. The summed E-state index contributed by atoms with van der Waals surface area (Å²) in [5.74, 6) is 0. The van der Waals surface area contributed by atoms with Gasteiger partial charge in [-0.3, -0.25) is 0 Å². The van der Waals surface area contributed by atoms with Gasteiger partial charge in [0.05, 0.1) is 6.10 Å². The number of aliphatic hydroxyl groups is 1. The molecule has 0 bridgehead atoms. The van der Waals surface area contributed by atoms with Crippen molar-refractivity contribution in [2.45, 2.75) is 39.8 Å². The van der Waals surface area contributed by atoms with Crippen molar-refractivity contribution in [3.63, 3.8) is 0 Å². The topological polar surface area (TPSA) is 48.4 Å². The minimum absolute atomic E-state index is 0.227. The highest BCUT2D eigenvalue weighted by molar-refractivity contribution is 7.15. The van der Waals surface area contributed by atoms with Crippen LogP contribution in [-0.4, -0.2) is 35.8 Å². The van der Waals surface area contributed by atoms with Gasteiger partial charge in [-0.2, -0.15) is 0 Å². The molecule has 0 saturated heterocycles. The molecular formula is C12H23N3OS. The molecule has 17 heavy (non-hydrogen) atoms. The molecule has 0 fully saturated rings. The van der Waals surface area contributed by atoms with Gasteiger partial charge in [0.2, 0.25) is 0 Å². The normalized spacial score (nSPS) is 12.7. The van der Waals surface area contributed by atoms with Crippen LogP contribution < -0.4 is 10.2 Å². The molecule has 1 rings (SSSR count). The summed E-state index contributed by atoms with van der Waals surface area (Å²) in [4.78, 5) is 7.93. The molecule has 0 aliphatic rings. The molecule has 5 heteroatoms. The van der Waals surface area contributed by atoms with Crippen LogP contribution in [0.5, 0.6) is 0 Å². The van der Waals surface area contributed by atoms with E-state index in [4.69, 9.17) is 5.11 Å². The van der Waals surface area contributed by atoms with Gasteiger partial charge >= 0.3 is 0 Å². The van der Waals surface area contributed by atoms with Gasteiger partial charge in [0, 0.05) is 30.7 Å². The zero-order chi connectivity index (χ0) is 12.7.